The van der Waals surface area contributed by atoms with Crippen molar-refractivity contribution in [2.45, 2.75) is 39.8 Å². The zero-order valence-corrected chi connectivity index (χ0v) is 21.2. The molecule has 5 heteroatoms. The minimum Gasteiger partial charge on any atom is -1.00 e. The third kappa shape index (κ3) is 7.90. The lowest BCUT2D eigenvalue weighted by Crippen LogP contribution is -3.00. The molecule has 168 valence electrons. The predicted octanol–water partition coefficient (Wildman–Crippen LogP) is 3.39. The topological polar surface area (TPSA) is 36.1 Å². The van der Waals surface area contributed by atoms with Gasteiger partial charge in [-0.15, -0.1) is 0 Å². The first-order valence-electron chi connectivity index (χ1n) is 10.7. The standard InChI is InChI=1S/C24H22N2S.C3H8O.BrH/c1-19-12-14-21(15-13-19)23-18-27-24(25-22-10-6-3-7-11-22)26(23)17-16-20-8-4-2-5-9-20;1-3(2)4;/h2-15,18H,16-17H2,1H3;3-4H,1-2H3;1H. The van der Waals surface area contributed by atoms with Crippen LogP contribution in [0.3, 0.4) is 0 Å². The van der Waals surface area contributed by atoms with E-state index >= 15 is 0 Å². The van der Waals surface area contributed by atoms with Crippen molar-refractivity contribution in [2.75, 3.05) is 5.32 Å². The number of aliphatic hydroxyl groups excluding tert-OH is 1. The maximum Gasteiger partial charge on any atom is 0.339 e. The van der Waals surface area contributed by atoms with E-state index in [-0.39, 0.29) is 23.1 Å². The van der Waals surface area contributed by atoms with Crippen LogP contribution in [0.15, 0.2) is 90.3 Å². The van der Waals surface area contributed by atoms with Crippen LogP contribution in [0.1, 0.15) is 25.0 Å². The molecule has 0 fully saturated rings. The minimum absolute atomic E-state index is 0. The van der Waals surface area contributed by atoms with Crippen molar-refractivity contribution >= 4 is 22.2 Å². The summed E-state index contributed by atoms with van der Waals surface area (Å²) in [4.78, 5) is 0. The monoisotopic (exact) mass is 510 g/mol. The third-order valence-electron chi connectivity index (χ3n) is 4.66. The average molecular weight is 512 g/mol. The fourth-order valence-electron chi connectivity index (χ4n) is 3.15. The lowest BCUT2D eigenvalue weighted by molar-refractivity contribution is -0.667. The summed E-state index contributed by atoms with van der Waals surface area (Å²) in [6.45, 7) is 6.51. The van der Waals surface area contributed by atoms with E-state index in [9.17, 15) is 0 Å². The summed E-state index contributed by atoms with van der Waals surface area (Å²) in [6, 6.07) is 29.8. The number of thiazole rings is 1. The number of aliphatic hydroxyl groups is 1. The van der Waals surface area contributed by atoms with Crippen LogP contribution in [0.25, 0.3) is 11.3 Å². The lowest BCUT2D eigenvalue weighted by Gasteiger charge is -2.07. The Hall–Kier alpha value is -2.47. The van der Waals surface area contributed by atoms with Crippen LogP contribution in [-0.2, 0) is 13.0 Å². The molecular formula is C27H31BrN2OS. The molecule has 1 heterocycles. The van der Waals surface area contributed by atoms with Crippen molar-refractivity contribution in [1.82, 2.24) is 0 Å². The van der Waals surface area contributed by atoms with Gasteiger partial charge in [-0.2, -0.15) is 0 Å². The highest BCUT2D eigenvalue weighted by Gasteiger charge is 2.19. The van der Waals surface area contributed by atoms with E-state index in [0.29, 0.717) is 0 Å². The van der Waals surface area contributed by atoms with Gasteiger partial charge in [0.05, 0.1) is 6.54 Å². The molecule has 4 aromatic rings. The largest absolute Gasteiger partial charge is 1.00 e. The maximum atomic E-state index is 8.06. The highest BCUT2D eigenvalue weighted by Crippen LogP contribution is 2.26. The van der Waals surface area contributed by atoms with Crippen molar-refractivity contribution in [3.63, 3.8) is 0 Å². The number of anilines is 2. The van der Waals surface area contributed by atoms with Gasteiger partial charge in [-0.25, -0.2) is 9.88 Å². The van der Waals surface area contributed by atoms with E-state index in [1.54, 1.807) is 25.2 Å². The van der Waals surface area contributed by atoms with Gasteiger partial charge in [0.1, 0.15) is 11.4 Å². The van der Waals surface area contributed by atoms with Gasteiger partial charge < -0.3 is 22.1 Å². The molecular weight excluding hydrogens is 480 g/mol. The minimum atomic E-state index is -0.167. The molecule has 0 saturated carbocycles. The van der Waals surface area contributed by atoms with Gasteiger partial charge in [-0.1, -0.05) is 89.7 Å². The first-order chi connectivity index (χ1) is 15.0. The van der Waals surface area contributed by atoms with Crippen molar-refractivity contribution in [3.8, 4) is 11.3 Å². The van der Waals surface area contributed by atoms with Crippen LogP contribution >= 0.6 is 11.3 Å². The van der Waals surface area contributed by atoms with Gasteiger partial charge in [-0.05, 0) is 38.5 Å². The summed E-state index contributed by atoms with van der Waals surface area (Å²) < 4.78 is 2.40. The molecule has 2 N–H and O–H groups in total. The number of benzene rings is 3. The number of aryl methyl sites for hydroxylation is 2. The van der Waals surface area contributed by atoms with Crippen LogP contribution in [0.4, 0.5) is 10.8 Å². The average Bonchev–Trinajstić information content (AvgIpc) is 3.16. The van der Waals surface area contributed by atoms with Gasteiger partial charge in [0.15, 0.2) is 0 Å². The van der Waals surface area contributed by atoms with Crippen LogP contribution in [0.2, 0.25) is 0 Å². The number of hydrogen-bond donors (Lipinski definition) is 2. The van der Waals surface area contributed by atoms with Gasteiger partial charge in [0, 0.05) is 23.5 Å². The second-order valence-corrected chi connectivity index (χ2v) is 8.62. The number of rotatable bonds is 6. The van der Waals surface area contributed by atoms with Gasteiger partial charge in [0.25, 0.3) is 0 Å². The Balaban J connectivity index is 0.000000672. The summed E-state index contributed by atoms with van der Waals surface area (Å²) in [7, 11) is 0. The van der Waals surface area contributed by atoms with Crippen LogP contribution in [0, 0.1) is 6.92 Å². The quantitative estimate of drug-likeness (QED) is 0.390. The van der Waals surface area contributed by atoms with Crippen LogP contribution in [0.5, 0.6) is 0 Å². The molecule has 0 unspecified atom stereocenters. The zero-order valence-electron chi connectivity index (χ0n) is 18.8. The molecule has 0 aliphatic carbocycles. The molecule has 0 bridgehead atoms. The van der Waals surface area contributed by atoms with Gasteiger partial charge in [0.2, 0.25) is 0 Å². The van der Waals surface area contributed by atoms with E-state index in [2.05, 4.69) is 101 Å². The first kappa shape index (κ1) is 25.8. The first-order valence-corrected chi connectivity index (χ1v) is 11.5. The molecule has 0 aliphatic rings. The summed E-state index contributed by atoms with van der Waals surface area (Å²) in [5.41, 5.74) is 6.27. The number of nitrogens with one attached hydrogen (secondary N) is 1. The predicted molar refractivity (Wildman–Crippen MR) is 132 cm³/mol. The zero-order chi connectivity index (χ0) is 22.1. The van der Waals surface area contributed by atoms with Crippen molar-refractivity contribution in [2.24, 2.45) is 0 Å². The Kier molecular flexibility index (Phi) is 10.6. The van der Waals surface area contributed by atoms with Gasteiger partial charge >= 0.3 is 5.13 Å². The summed E-state index contributed by atoms with van der Waals surface area (Å²) >= 11 is 1.76. The third-order valence-corrected chi connectivity index (χ3v) is 5.54. The fourth-order valence-corrected chi connectivity index (χ4v) is 4.13. The van der Waals surface area contributed by atoms with Crippen molar-refractivity contribution in [3.05, 3.63) is 101 Å². The molecule has 3 nitrogen and oxygen atoms in total. The number of hydrogen-bond acceptors (Lipinski definition) is 3. The molecule has 0 spiro atoms. The Bertz CT molecular complexity index is 1050. The summed E-state index contributed by atoms with van der Waals surface area (Å²) in [6.07, 6.45) is 0.838. The molecule has 0 amide bonds. The molecule has 1 aromatic heterocycles. The molecule has 0 radical (unpaired) electrons. The maximum absolute atomic E-state index is 8.06. The second-order valence-electron chi connectivity index (χ2n) is 7.76. The summed E-state index contributed by atoms with van der Waals surface area (Å²) in [5, 5.41) is 15.1. The Morgan fingerprint density at radius 2 is 1.44 bits per heavy atom. The molecule has 0 atom stereocenters. The highest BCUT2D eigenvalue weighted by atomic mass is 79.9. The smallest absolute Gasteiger partial charge is 0.339 e. The number of nitrogens with zero attached hydrogens (tertiary/aromatic N) is 1. The van der Waals surface area contributed by atoms with Gasteiger partial charge in [-0.3, -0.25) is 0 Å². The van der Waals surface area contributed by atoms with Crippen molar-refractivity contribution in [1.29, 1.82) is 0 Å². The molecule has 4 rings (SSSR count). The number of para-hydroxylation sites is 1. The fraction of sp³-hybridized carbons (Fsp3) is 0.222. The van der Waals surface area contributed by atoms with Crippen LogP contribution < -0.4 is 26.9 Å². The highest BCUT2D eigenvalue weighted by molar-refractivity contribution is 7.13. The normalized spacial score (nSPS) is 10.2. The molecule has 3 aromatic carbocycles. The molecule has 0 aliphatic heterocycles. The Morgan fingerprint density at radius 3 is 2.03 bits per heavy atom. The van der Waals surface area contributed by atoms with E-state index in [1.165, 1.54) is 22.4 Å². The molecule has 0 saturated heterocycles. The SMILES string of the molecule is CC(C)O.Cc1ccc(-c2csc(Nc3ccccc3)[n+]2CCc2ccccc2)cc1.[Br-]. The Morgan fingerprint density at radius 1 is 0.875 bits per heavy atom. The van der Waals surface area contributed by atoms with Crippen LogP contribution in [-0.4, -0.2) is 11.2 Å². The van der Waals surface area contributed by atoms with E-state index in [0.717, 1.165) is 23.8 Å². The Labute approximate surface area is 206 Å². The van der Waals surface area contributed by atoms with E-state index in [1.807, 2.05) is 6.07 Å². The van der Waals surface area contributed by atoms with E-state index in [4.69, 9.17) is 5.11 Å². The number of aromatic nitrogens is 1. The van der Waals surface area contributed by atoms with Crippen molar-refractivity contribution < 1.29 is 26.7 Å². The van der Waals surface area contributed by atoms with E-state index < -0.39 is 0 Å². The summed E-state index contributed by atoms with van der Waals surface area (Å²) in [5.74, 6) is 0. The molecule has 32 heavy (non-hydrogen) atoms. The number of halogens is 1. The second kappa shape index (κ2) is 13.2. The lowest BCUT2D eigenvalue weighted by atomic mass is 10.1.